The van der Waals surface area contributed by atoms with E-state index >= 15 is 0 Å². The molecule has 0 radical (unpaired) electrons. The largest absolute Gasteiger partial charge is 0.448 e. The van der Waals surface area contributed by atoms with E-state index in [1.165, 1.54) is 6.20 Å². The van der Waals surface area contributed by atoms with Crippen LogP contribution in [0.25, 0.3) is 0 Å². The van der Waals surface area contributed by atoms with Gasteiger partial charge in [-0.25, -0.2) is 4.79 Å². The highest BCUT2D eigenvalue weighted by Crippen LogP contribution is 2.24. The van der Waals surface area contributed by atoms with E-state index in [0.717, 1.165) is 21.8 Å². The first-order valence-corrected chi connectivity index (χ1v) is 9.00. The lowest BCUT2D eigenvalue weighted by atomic mass is 9.98. The van der Waals surface area contributed by atoms with Gasteiger partial charge in [0.25, 0.3) is 5.56 Å². The number of carbonyl (C=O) groups excluding carboxylic acids is 2. The van der Waals surface area contributed by atoms with Crippen LogP contribution in [0.1, 0.15) is 33.2 Å². The van der Waals surface area contributed by atoms with Gasteiger partial charge in [0.2, 0.25) is 5.78 Å². The second-order valence-electron chi connectivity index (χ2n) is 6.75. The molecular weight excluding hydrogens is 372 g/mol. The molecule has 0 bridgehead atoms. The lowest BCUT2D eigenvalue weighted by molar-refractivity contribution is -0.148. The SMILES string of the molecule is Cc1ccc(C(=O)[C@@H](OC(=O)Cn2ccc(=O)[nH]c2=O)c2ccc(C)cc2)cc1. The minimum absolute atomic E-state index is 0.365. The molecule has 148 valence electrons. The molecule has 1 N–H and O–H groups in total. The molecule has 7 heteroatoms. The molecule has 1 aromatic heterocycles. The zero-order valence-corrected chi connectivity index (χ0v) is 16.0. The zero-order valence-electron chi connectivity index (χ0n) is 16.0. The van der Waals surface area contributed by atoms with Crippen molar-refractivity contribution < 1.29 is 14.3 Å². The lowest BCUT2D eigenvalue weighted by Gasteiger charge is -2.18. The number of nitrogens with one attached hydrogen (secondary N) is 1. The van der Waals surface area contributed by atoms with Gasteiger partial charge in [-0.1, -0.05) is 59.7 Å². The molecule has 0 aliphatic rings. The summed E-state index contributed by atoms with van der Waals surface area (Å²) in [5.74, 6) is -1.14. The van der Waals surface area contributed by atoms with Gasteiger partial charge < -0.3 is 4.74 Å². The van der Waals surface area contributed by atoms with Gasteiger partial charge in [-0.3, -0.25) is 23.9 Å². The van der Waals surface area contributed by atoms with Gasteiger partial charge in [0.1, 0.15) is 6.54 Å². The Labute approximate surface area is 166 Å². The van der Waals surface area contributed by atoms with Crippen molar-refractivity contribution in [2.24, 2.45) is 0 Å². The number of hydrogen-bond acceptors (Lipinski definition) is 5. The molecule has 2 aromatic carbocycles. The number of ether oxygens (including phenoxy) is 1. The molecule has 7 nitrogen and oxygen atoms in total. The number of nitrogens with zero attached hydrogens (tertiary/aromatic N) is 1. The summed E-state index contributed by atoms with van der Waals surface area (Å²) >= 11 is 0. The molecule has 0 unspecified atom stereocenters. The molecule has 0 fully saturated rings. The highest BCUT2D eigenvalue weighted by molar-refractivity contribution is 6.01. The quantitative estimate of drug-likeness (QED) is 0.513. The summed E-state index contributed by atoms with van der Waals surface area (Å²) in [5.41, 5.74) is 1.65. The van der Waals surface area contributed by atoms with Crippen molar-refractivity contribution in [2.45, 2.75) is 26.5 Å². The van der Waals surface area contributed by atoms with E-state index in [9.17, 15) is 19.2 Å². The third kappa shape index (κ3) is 4.95. The van der Waals surface area contributed by atoms with E-state index in [1.54, 1.807) is 36.4 Å². The van der Waals surface area contributed by atoms with Crippen molar-refractivity contribution in [1.29, 1.82) is 0 Å². The molecule has 0 saturated heterocycles. The van der Waals surface area contributed by atoms with Crippen molar-refractivity contribution in [1.82, 2.24) is 9.55 Å². The number of carbonyl (C=O) groups is 2. The maximum absolute atomic E-state index is 13.0. The third-order valence-corrected chi connectivity index (χ3v) is 4.40. The molecule has 1 atom stereocenters. The highest BCUT2D eigenvalue weighted by Gasteiger charge is 2.26. The van der Waals surface area contributed by atoms with Gasteiger partial charge in [0.05, 0.1) is 0 Å². The van der Waals surface area contributed by atoms with Gasteiger partial charge >= 0.3 is 11.7 Å². The van der Waals surface area contributed by atoms with Crippen LogP contribution < -0.4 is 11.2 Å². The molecule has 0 saturated carbocycles. The minimum Gasteiger partial charge on any atom is -0.448 e. The Morgan fingerprint density at radius 3 is 2.10 bits per heavy atom. The number of H-pyrrole nitrogens is 1. The maximum Gasteiger partial charge on any atom is 0.328 e. The normalized spacial score (nSPS) is 11.7. The van der Waals surface area contributed by atoms with Crippen LogP contribution in [-0.2, 0) is 16.1 Å². The molecule has 1 heterocycles. The Kier molecular flexibility index (Phi) is 5.87. The molecule has 0 aliphatic heterocycles. The number of aryl methyl sites for hydroxylation is 2. The second kappa shape index (κ2) is 8.52. The fourth-order valence-electron chi connectivity index (χ4n) is 2.76. The number of esters is 1. The van der Waals surface area contributed by atoms with Gasteiger partial charge in [-0.15, -0.1) is 0 Å². The summed E-state index contributed by atoms with van der Waals surface area (Å²) < 4.78 is 6.48. The first kappa shape index (κ1) is 20.0. The third-order valence-electron chi connectivity index (χ3n) is 4.40. The monoisotopic (exact) mass is 392 g/mol. The van der Waals surface area contributed by atoms with Crippen molar-refractivity contribution in [3.63, 3.8) is 0 Å². The molecule has 0 spiro atoms. The van der Waals surface area contributed by atoms with Gasteiger partial charge in [0, 0.05) is 23.4 Å². The average molecular weight is 392 g/mol. The Bertz CT molecular complexity index is 1140. The van der Waals surface area contributed by atoms with Crippen molar-refractivity contribution >= 4 is 11.8 Å². The molecule has 0 aliphatic carbocycles. The summed E-state index contributed by atoms with van der Waals surface area (Å²) in [6, 6.07) is 15.2. The molecule has 3 rings (SSSR count). The van der Waals surface area contributed by atoms with E-state index in [2.05, 4.69) is 4.98 Å². The number of hydrogen-bond donors (Lipinski definition) is 1. The smallest absolute Gasteiger partial charge is 0.328 e. The van der Waals surface area contributed by atoms with Crippen molar-refractivity contribution in [3.8, 4) is 0 Å². The topological polar surface area (TPSA) is 98.2 Å². The second-order valence-corrected chi connectivity index (χ2v) is 6.75. The molecule has 3 aromatic rings. The van der Waals surface area contributed by atoms with E-state index in [-0.39, 0.29) is 5.78 Å². The fraction of sp³-hybridized carbons (Fsp3) is 0.182. The summed E-state index contributed by atoms with van der Waals surface area (Å²) in [7, 11) is 0. The van der Waals surface area contributed by atoms with Crippen molar-refractivity contribution in [2.75, 3.05) is 0 Å². The Balaban J connectivity index is 1.88. The highest BCUT2D eigenvalue weighted by atomic mass is 16.5. The molecule has 0 amide bonds. The summed E-state index contributed by atoms with van der Waals surface area (Å²) in [6.45, 7) is 3.39. The van der Waals surface area contributed by atoms with Crippen LogP contribution in [0, 0.1) is 13.8 Å². The predicted octanol–water partition coefficient (Wildman–Crippen LogP) is 2.32. The number of aromatic amines is 1. The average Bonchev–Trinajstić information content (AvgIpc) is 2.69. The number of Topliss-reactive ketones (excluding diaryl/α,β-unsaturated/α-hetero) is 1. The predicted molar refractivity (Wildman–Crippen MR) is 107 cm³/mol. The Hall–Kier alpha value is -3.74. The van der Waals surface area contributed by atoms with E-state index < -0.39 is 29.9 Å². The van der Waals surface area contributed by atoms with Crippen LogP contribution >= 0.6 is 0 Å². The van der Waals surface area contributed by atoms with Crippen LogP contribution in [0.5, 0.6) is 0 Å². The van der Waals surface area contributed by atoms with Crippen LogP contribution in [0.3, 0.4) is 0 Å². The first-order chi connectivity index (χ1) is 13.8. The van der Waals surface area contributed by atoms with Gasteiger partial charge in [-0.2, -0.15) is 0 Å². The number of ketones is 1. The van der Waals surface area contributed by atoms with E-state index in [1.807, 2.05) is 26.0 Å². The van der Waals surface area contributed by atoms with Gasteiger partial charge in [-0.05, 0) is 13.8 Å². The molecular formula is C22H20N2O5. The van der Waals surface area contributed by atoms with Crippen LogP contribution in [0.15, 0.2) is 70.4 Å². The van der Waals surface area contributed by atoms with Crippen LogP contribution in [0.4, 0.5) is 0 Å². The number of rotatable bonds is 6. The first-order valence-electron chi connectivity index (χ1n) is 9.00. The summed E-state index contributed by atoms with van der Waals surface area (Å²) in [4.78, 5) is 50.5. The maximum atomic E-state index is 13.0. The molecule has 29 heavy (non-hydrogen) atoms. The van der Waals surface area contributed by atoms with Gasteiger partial charge in [0.15, 0.2) is 6.10 Å². The lowest BCUT2D eigenvalue weighted by Crippen LogP contribution is -2.32. The van der Waals surface area contributed by atoms with Crippen molar-refractivity contribution in [3.05, 3.63) is 104 Å². The standard InChI is InChI=1S/C22H20N2O5/c1-14-3-7-16(8-4-14)20(27)21(17-9-5-15(2)6-10-17)29-19(26)13-24-12-11-18(25)23-22(24)28/h3-12,21H,13H2,1-2H3,(H,23,25,28)/t21-/m0/s1. The van der Waals surface area contributed by atoms with Crippen LogP contribution in [-0.4, -0.2) is 21.3 Å². The van der Waals surface area contributed by atoms with E-state index in [4.69, 9.17) is 4.74 Å². The number of aromatic nitrogens is 2. The fourth-order valence-corrected chi connectivity index (χ4v) is 2.76. The Morgan fingerprint density at radius 1 is 0.931 bits per heavy atom. The summed E-state index contributed by atoms with van der Waals surface area (Å²) in [6.07, 6.45) is 0.0507. The summed E-state index contributed by atoms with van der Waals surface area (Å²) in [5, 5.41) is 0. The number of benzene rings is 2. The van der Waals surface area contributed by atoms with E-state index in [0.29, 0.717) is 11.1 Å². The minimum atomic E-state index is -1.15. The Morgan fingerprint density at radius 2 is 1.52 bits per heavy atom. The van der Waals surface area contributed by atoms with Crippen LogP contribution in [0.2, 0.25) is 0 Å². The zero-order chi connectivity index (χ0) is 21.0.